The third-order valence-electron chi connectivity index (χ3n) is 8.84. The van der Waals surface area contributed by atoms with Gasteiger partial charge in [-0.05, 0) is 71.3 Å². The van der Waals surface area contributed by atoms with Gasteiger partial charge >= 0.3 is 0 Å². The molecule has 0 aliphatic carbocycles. The SMILES string of the molecule is Fc1ccc(-c2c(F)c(F)c(-c3cc(-c4c(F)c(F)c(-c5ccc(F)nc5F)c(F)c4F)cc(-c4c(F)c(F)c(-c5ccc(F)nc5F)c(F)c4F)c3)c(F)c2F)c(F)n1. The molecule has 306 valence electrons. The predicted molar refractivity (Wildman–Crippen MR) is 172 cm³/mol. The third-order valence-corrected chi connectivity index (χ3v) is 8.84. The van der Waals surface area contributed by atoms with E-state index in [2.05, 4.69) is 15.0 Å². The molecule has 0 fully saturated rings. The van der Waals surface area contributed by atoms with E-state index in [-0.39, 0.29) is 18.2 Å². The van der Waals surface area contributed by atoms with Crippen molar-refractivity contribution in [1.82, 2.24) is 15.0 Å². The summed E-state index contributed by atoms with van der Waals surface area (Å²) in [5, 5.41) is 0. The van der Waals surface area contributed by atoms with Crippen molar-refractivity contribution < 1.29 is 79.0 Å². The number of aromatic nitrogens is 3. The van der Waals surface area contributed by atoms with Gasteiger partial charge < -0.3 is 0 Å². The molecule has 3 nitrogen and oxygen atoms in total. The van der Waals surface area contributed by atoms with Crippen molar-refractivity contribution >= 4 is 0 Å². The topological polar surface area (TPSA) is 38.7 Å². The van der Waals surface area contributed by atoms with E-state index in [1.165, 1.54) is 0 Å². The lowest BCUT2D eigenvalue weighted by molar-refractivity contribution is 0.459. The fraction of sp³-hybridized carbons (Fsp3) is 0. The van der Waals surface area contributed by atoms with Crippen LogP contribution in [0.25, 0.3) is 66.8 Å². The number of rotatable bonds is 6. The average molecular weight is 861 g/mol. The molecule has 0 saturated carbocycles. The Labute approximate surface area is 320 Å². The van der Waals surface area contributed by atoms with Crippen LogP contribution in [-0.4, -0.2) is 15.0 Å². The van der Waals surface area contributed by atoms with Gasteiger partial charge in [0.05, 0.1) is 33.4 Å². The highest BCUT2D eigenvalue weighted by Gasteiger charge is 2.34. The summed E-state index contributed by atoms with van der Waals surface area (Å²) in [6.45, 7) is 0. The van der Waals surface area contributed by atoms with Crippen LogP contribution < -0.4 is 0 Å². The number of halogens is 18. The zero-order chi connectivity index (χ0) is 43.8. The standard InChI is InChI=1S/C39H9F18N3/c40-16-4-1-13(37(55)58-16)22-31(49)25(43)19(26(44)32(22)50)10-7-11(20-27(45)33(51)23(34(52)28(20)46)14-2-5-17(41)59-38(14)56)9-12(8-10)21-29(47)35(53)24(36(54)30(21)48)15-3-6-18(42)60-39(15)57/h1-9H. The lowest BCUT2D eigenvalue weighted by Gasteiger charge is -2.18. The fourth-order valence-electron chi connectivity index (χ4n) is 6.22. The maximum Gasteiger partial charge on any atom is 0.223 e. The number of nitrogens with zero attached hydrogens (tertiary/aromatic N) is 3. The molecule has 7 rings (SSSR count). The van der Waals surface area contributed by atoms with Crippen LogP contribution in [0.1, 0.15) is 0 Å². The Bertz CT molecular complexity index is 2570. The lowest BCUT2D eigenvalue weighted by atomic mass is 9.89. The molecular weight excluding hydrogens is 852 g/mol. The Morgan fingerprint density at radius 3 is 0.600 bits per heavy atom. The highest BCUT2D eigenvalue weighted by atomic mass is 19.2. The smallest absolute Gasteiger partial charge is 0.203 e. The largest absolute Gasteiger partial charge is 0.223 e. The van der Waals surface area contributed by atoms with Gasteiger partial charge in [0.2, 0.25) is 35.7 Å². The molecule has 3 aromatic heterocycles. The van der Waals surface area contributed by atoms with E-state index in [1.807, 2.05) is 0 Å². The normalized spacial score (nSPS) is 11.5. The zero-order valence-electron chi connectivity index (χ0n) is 28.3. The van der Waals surface area contributed by atoms with E-state index in [0.717, 1.165) is 0 Å². The van der Waals surface area contributed by atoms with Gasteiger partial charge in [0, 0.05) is 16.7 Å². The first kappa shape index (κ1) is 41.2. The number of pyridine rings is 3. The second-order valence-electron chi connectivity index (χ2n) is 12.2. The van der Waals surface area contributed by atoms with Gasteiger partial charge in [0.15, 0.2) is 69.8 Å². The van der Waals surface area contributed by atoms with Gasteiger partial charge in [-0.2, -0.15) is 41.3 Å². The Morgan fingerprint density at radius 1 is 0.233 bits per heavy atom. The molecule has 21 heteroatoms. The van der Waals surface area contributed by atoms with Crippen LogP contribution >= 0.6 is 0 Å². The van der Waals surface area contributed by atoms with Crippen LogP contribution in [0.2, 0.25) is 0 Å². The Balaban J connectivity index is 1.56. The second-order valence-corrected chi connectivity index (χ2v) is 12.2. The molecule has 0 amide bonds. The third kappa shape index (κ3) is 6.53. The van der Waals surface area contributed by atoms with Crippen LogP contribution in [0.3, 0.4) is 0 Å². The van der Waals surface area contributed by atoms with Gasteiger partial charge in [0.1, 0.15) is 0 Å². The van der Waals surface area contributed by atoms with E-state index in [4.69, 9.17) is 0 Å². The van der Waals surface area contributed by atoms with Crippen LogP contribution in [0.4, 0.5) is 79.0 Å². The van der Waals surface area contributed by atoms with Gasteiger partial charge in [-0.15, -0.1) is 0 Å². The molecule has 0 N–H and O–H groups in total. The summed E-state index contributed by atoms with van der Waals surface area (Å²) in [6, 6.07) is 2.10. The number of benzene rings is 4. The average Bonchev–Trinajstić information content (AvgIpc) is 3.18. The van der Waals surface area contributed by atoms with Crippen LogP contribution in [-0.2, 0) is 0 Å². The maximum atomic E-state index is 15.9. The molecule has 0 unspecified atom stereocenters. The van der Waals surface area contributed by atoms with E-state index < -0.39 is 172 Å². The number of hydrogen-bond donors (Lipinski definition) is 0. The van der Waals surface area contributed by atoms with Gasteiger partial charge in [0.25, 0.3) is 0 Å². The Morgan fingerprint density at radius 2 is 0.417 bits per heavy atom. The van der Waals surface area contributed by atoms with E-state index in [9.17, 15) is 26.3 Å². The molecule has 0 spiro atoms. The molecule has 0 saturated heterocycles. The molecule has 0 aliphatic heterocycles. The second kappa shape index (κ2) is 15.0. The van der Waals surface area contributed by atoms with Crippen molar-refractivity contribution in [3.05, 3.63) is 160 Å². The molecule has 60 heavy (non-hydrogen) atoms. The Kier molecular flexibility index (Phi) is 10.3. The molecule has 3 heterocycles. The number of hydrogen-bond acceptors (Lipinski definition) is 3. The summed E-state index contributed by atoms with van der Waals surface area (Å²) in [7, 11) is 0. The highest BCUT2D eigenvalue weighted by Crippen LogP contribution is 2.45. The molecular formula is C39H9F18N3. The molecule has 4 aromatic carbocycles. The summed E-state index contributed by atoms with van der Waals surface area (Å²) in [5.74, 6) is -40.9. The molecule has 0 bridgehead atoms. The van der Waals surface area contributed by atoms with Crippen molar-refractivity contribution in [2.45, 2.75) is 0 Å². The van der Waals surface area contributed by atoms with Gasteiger partial charge in [-0.1, -0.05) is 0 Å². The molecule has 0 atom stereocenters. The molecule has 0 aliphatic rings. The molecule has 7 aromatic rings. The first-order valence-electron chi connectivity index (χ1n) is 16.0. The van der Waals surface area contributed by atoms with Gasteiger partial charge in [-0.3, -0.25) is 0 Å². The minimum Gasteiger partial charge on any atom is -0.203 e. The van der Waals surface area contributed by atoms with Gasteiger partial charge in [-0.25, -0.2) is 52.7 Å². The Hall–Kier alpha value is -6.93. The van der Waals surface area contributed by atoms with Crippen molar-refractivity contribution in [1.29, 1.82) is 0 Å². The van der Waals surface area contributed by atoms with Crippen molar-refractivity contribution in [3.63, 3.8) is 0 Å². The van der Waals surface area contributed by atoms with E-state index in [1.54, 1.807) is 0 Å². The van der Waals surface area contributed by atoms with E-state index in [0.29, 0.717) is 36.4 Å². The van der Waals surface area contributed by atoms with Crippen LogP contribution in [0.15, 0.2) is 54.6 Å². The first-order valence-corrected chi connectivity index (χ1v) is 16.0. The highest BCUT2D eigenvalue weighted by molar-refractivity contribution is 5.85. The summed E-state index contributed by atoms with van der Waals surface area (Å²) in [4.78, 5) is 7.90. The monoisotopic (exact) mass is 861 g/mol. The predicted octanol–water partition coefficient (Wildman–Crippen LogP) is 12.4. The van der Waals surface area contributed by atoms with Crippen LogP contribution in [0.5, 0.6) is 0 Å². The summed E-state index contributed by atoms with van der Waals surface area (Å²) in [6.07, 6.45) is 0. The zero-order valence-corrected chi connectivity index (χ0v) is 28.3. The summed E-state index contributed by atoms with van der Waals surface area (Å²) >= 11 is 0. The van der Waals surface area contributed by atoms with Crippen LogP contribution in [0, 0.1) is 105 Å². The minimum atomic E-state index is -2.54. The van der Waals surface area contributed by atoms with E-state index >= 15 is 52.7 Å². The van der Waals surface area contributed by atoms with Crippen molar-refractivity contribution in [2.24, 2.45) is 0 Å². The van der Waals surface area contributed by atoms with Crippen molar-refractivity contribution in [3.8, 4) is 66.8 Å². The quantitative estimate of drug-likeness (QED) is 0.0950. The maximum absolute atomic E-state index is 15.9. The van der Waals surface area contributed by atoms with Crippen molar-refractivity contribution in [2.75, 3.05) is 0 Å². The first-order chi connectivity index (χ1) is 28.2. The summed E-state index contributed by atoms with van der Waals surface area (Å²) in [5.41, 5.74) is -20.2. The lowest BCUT2D eigenvalue weighted by Crippen LogP contribution is -2.08. The summed E-state index contributed by atoms with van der Waals surface area (Å²) < 4.78 is 272. The molecule has 0 radical (unpaired) electrons. The minimum absolute atomic E-state index is 0.0834. The fourth-order valence-corrected chi connectivity index (χ4v) is 6.22.